The number of amides is 1. The molecule has 0 aliphatic carbocycles. The maximum atomic E-state index is 10.6. The van der Waals surface area contributed by atoms with Gasteiger partial charge in [0.15, 0.2) is 0 Å². The van der Waals surface area contributed by atoms with E-state index in [0.29, 0.717) is 4.59 Å². The Labute approximate surface area is 74.0 Å². The lowest BCUT2D eigenvalue weighted by Gasteiger charge is -2.26. The van der Waals surface area contributed by atoms with Crippen molar-refractivity contribution >= 4 is 5.91 Å². The molecule has 0 aromatic rings. The molecule has 0 rings (SSSR count). The smallest absolute Gasteiger partial charge is 0.261 e. The number of quaternary nitrogens is 1. The molecule has 0 atom stereocenters. The van der Waals surface area contributed by atoms with Gasteiger partial charge in [0.05, 0.1) is 14.1 Å². The lowest BCUT2D eigenvalue weighted by molar-refractivity contribution is -0.919. The zero-order valence-corrected chi connectivity index (χ0v) is 7.98. The van der Waals surface area contributed by atoms with Gasteiger partial charge in [0.2, 0.25) is 0 Å². The van der Waals surface area contributed by atoms with Crippen LogP contribution in [-0.4, -0.2) is 31.1 Å². The topological polar surface area (TPSA) is 29.1 Å². The van der Waals surface area contributed by atoms with E-state index in [-0.39, 0.29) is 18.3 Å². The SMILES string of the molecule is C=CC[N+](C)(C)NC(C)=O.[Cl-]. The van der Waals surface area contributed by atoms with Crippen molar-refractivity contribution < 1.29 is 21.8 Å². The van der Waals surface area contributed by atoms with Crippen LogP contribution >= 0.6 is 0 Å². The van der Waals surface area contributed by atoms with Gasteiger partial charge < -0.3 is 12.4 Å². The highest BCUT2D eigenvalue weighted by molar-refractivity contribution is 5.71. The molecule has 1 amide bonds. The molecule has 4 heteroatoms. The Hall–Kier alpha value is -0.540. The molecule has 11 heavy (non-hydrogen) atoms. The first-order valence-electron chi connectivity index (χ1n) is 3.20. The first-order chi connectivity index (χ1) is 4.48. The predicted molar refractivity (Wildman–Crippen MR) is 41.0 cm³/mol. The van der Waals surface area contributed by atoms with Crippen LogP contribution in [-0.2, 0) is 4.79 Å². The van der Waals surface area contributed by atoms with Crippen LogP contribution in [0.2, 0.25) is 0 Å². The van der Waals surface area contributed by atoms with Gasteiger partial charge in [-0.3, -0.25) is 4.79 Å². The minimum absolute atomic E-state index is 0. The van der Waals surface area contributed by atoms with E-state index >= 15 is 0 Å². The third kappa shape index (κ3) is 7.36. The summed E-state index contributed by atoms with van der Waals surface area (Å²) in [5.41, 5.74) is 2.75. The van der Waals surface area contributed by atoms with Crippen LogP contribution in [0, 0.1) is 0 Å². The summed E-state index contributed by atoms with van der Waals surface area (Å²) < 4.78 is 0.457. The largest absolute Gasteiger partial charge is 1.00 e. The molecule has 0 aromatic heterocycles. The van der Waals surface area contributed by atoms with Crippen molar-refractivity contribution in [3.8, 4) is 0 Å². The van der Waals surface area contributed by atoms with Gasteiger partial charge >= 0.3 is 0 Å². The fourth-order valence-electron chi connectivity index (χ4n) is 0.795. The van der Waals surface area contributed by atoms with Crippen LogP contribution in [0.3, 0.4) is 0 Å². The van der Waals surface area contributed by atoms with E-state index in [0.717, 1.165) is 6.54 Å². The lowest BCUT2D eigenvalue weighted by Crippen LogP contribution is -3.00. The number of nitrogens with one attached hydrogen (secondary N) is 1. The Bertz CT molecular complexity index is 145. The molecule has 1 N–H and O–H groups in total. The summed E-state index contributed by atoms with van der Waals surface area (Å²) in [6.07, 6.45) is 1.77. The Morgan fingerprint density at radius 1 is 1.64 bits per heavy atom. The fourth-order valence-corrected chi connectivity index (χ4v) is 0.795. The molecule has 0 aliphatic heterocycles. The Balaban J connectivity index is 0. The average molecular weight is 179 g/mol. The van der Waals surface area contributed by atoms with Gasteiger partial charge in [0.1, 0.15) is 6.54 Å². The highest BCUT2D eigenvalue weighted by atomic mass is 35.5. The fraction of sp³-hybridized carbons (Fsp3) is 0.571. The molecular formula is C7H15ClN2O. The molecule has 0 unspecified atom stereocenters. The second kappa shape index (κ2) is 5.16. The van der Waals surface area contributed by atoms with Crippen molar-refractivity contribution in [3.05, 3.63) is 12.7 Å². The summed E-state index contributed by atoms with van der Waals surface area (Å²) in [6.45, 7) is 5.82. The summed E-state index contributed by atoms with van der Waals surface area (Å²) >= 11 is 0. The maximum Gasteiger partial charge on any atom is 0.261 e. The first-order valence-corrected chi connectivity index (χ1v) is 3.20. The van der Waals surface area contributed by atoms with E-state index in [1.807, 2.05) is 14.1 Å². The molecule has 0 bridgehead atoms. The monoisotopic (exact) mass is 178 g/mol. The molecule has 0 heterocycles. The van der Waals surface area contributed by atoms with E-state index in [9.17, 15) is 4.79 Å². The molecule has 0 spiro atoms. The van der Waals surface area contributed by atoms with Gasteiger partial charge in [-0.1, -0.05) is 6.58 Å². The normalized spacial score (nSPS) is 9.73. The number of carbonyl (C=O) groups is 1. The van der Waals surface area contributed by atoms with Gasteiger partial charge in [-0.25, -0.2) is 10.0 Å². The number of likely N-dealkylation sites (N-methyl/N-ethyl adjacent to an activating group) is 1. The third-order valence-corrected chi connectivity index (χ3v) is 1.05. The van der Waals surface area contributed by atoms with Gasteiger partial charge in [-0.05, 0) is 6.08 Å². The van der Waals surface area contributed by atoms with Gasteiger partial charge in [0, 0.05) is 6.92 Å². The standard InChI is InChI=1S/C7H14N2O.ClH/c1-5-6-9(3,4)8-7(2)10;/h5H,1,6H2,2-4H3;1H. The number of rotatable bonds is 3. The molecular weight excluding hydrogens is 164 g/mol. The minimum atomic E-state index is -0.0214. The quantitative estimate of drug-likeness (QED) is 0.285. The number of hydrogen-bond acceptors (Lipinski definition) is 1. The van der Waals surface area contributed by atoms with Crippen LogP contribution in [0.25, 0.3) is 0 Å². The summed E-state index contributed by atoms with van der Waals surface area (Å²) in [7, 11) is 3.81. The number of carbonyl (C=O) groups excluding carboxylic acids is 1. The van der Waals surface area contributed by atoms with E-state index in [4.69, 9.17) is 0 Å². The Morgan fingerprint density at radius 3 is 2.36 bits per heavy atom. The second-order valence-corrected chi connectivity index (χ2v) is 2.82. The van der Waals surface area contributed by atoms with Gasteiger partial charge in [-0.15, -0.1) is 0 Å². The number of hydrogen-bond donors (Lipinski definition) is 1. The molecule has 0 fully saturated rings. The maximum absolute atomic E-state index is 10.6. The van der Waals surface area contributed by atoms with Gasteiger partial charge in [-0.2, -0.15) is 0 Å². The highest BCUT2D eigenvalue weighted by Crippen LogP contribution is 1.89. The summed E-state index contributed by atoms with van der Waals surface area (Å²) in [5.74, 6) is -0.0214. The molecule has 0 aliphatic rings. The second-order valence-electron chi connectivity index (χ2n) is 2.82. The molecule has 0 radical (unpaired) electrons. The minimum Gasteiger partial charge on any atom is -1.00 e. The van der Waals surface area contributed by atoms with E-state index in [1.165, 1.54) is 6.92 Å². The van der Waals surface area contributed by atoms with Gasteiger partial charge in [0.25, 0.3) is 5.91 Å². The van der Waals surface area contributed by atoms with Crippen molar-refractivity contribution in [1.82, 2.24) is 5.43 Å². The average Bonchev–Trinajstić information content (AvgIpc) is 1.59. The van der Waals surface area contributed by atoms with Crippen molar-refractivity contribution in [1.29, 1.82) is 0 Å². The van der Waals surface area contributed by atoms with Crippen LogP contribution in [0.5, 0.6) is 0 Å². The Kier molecular flexibility index (Phi) is 6.13. The van der Waals surface area contributed by atoms with Crippen LogP contribution in [0.15, 0.2) is 12.7 Å². The lowest BCUT2D eigenvalue weighted by atomic mass is 10.5. The van der Waals surface area contributed by atoms with E-state index < -0.39 is 0 Å². The van der Waals surface area contributed by atoms with Crippen molar-refractivity contribution in [2.24, 2.45) is 0 Å². The zero-order valence-electron chi connectivity index (χ0n) is 7.22. The third-order valence-electron chi connectivity index (χ3n) is 1.05. The Morgan fingerprint density at radius 2 is 2.09 bits per heavy atom. The van der Waals surface area contributed by atoms with Crippen LogP contribution < -0.4 is 17.8 Å². The number of nitrogens with zero attached hydrogens (tertiary/aromatic N) is 1. The van der Waals surface area contributed by atoms with E-state index in [2.05, 4.69) is 12.0 Å². The first kappa shape index (κ1) is 13.1. The molecule has 0 aromatic carbocycles. The predicted octanol–water partition coefficient (Wildman–Crippen LogP) is -2.70. The van der Waals surface area contributed by atoms with Crippen LogP contribution in [0.4, 0.5) is 0 Å². The van der Waals surface area contributed by atoms with Crippen molar-refractivity contribution in [2.45, 2.75) is 6.92 Å². The number of halogens is 1. The van der Waals surface area contributed by atoms with Crippen LogP contribution in [0.1, 0.15) is 6.92 Å². The zero-order chi connectivity index (χ0) is 8.20. The van der Waals surface area contributed by atoms with Crippen molar-refractivity contribution in [2.75, 3.05) is 20.6 Å². The molecule has 0 saturated carbocycles. The summed E-state index contributed by atoms with van der Waals surface area (Å²) in [5, 5.41) is 0. The summed E-state index contributed by atoms with van der Waals surface area (Å²) in [4.78, 5) is 10.6. The van der Waals surface area contributed by atoms with E-state index in [1.54, 1.807) is 6.08 Å². The molecule has 3 nitrogen and oxygen atoms in total. The highest BCUT2D eigenvalue weighted by Gasteiger charge is 2.12. The van der Waals surface area contributed by atoms with Crippen molar-refractivity contribution in [3.63, 3.8) is 0 Å². The molecule has 66 valence electrons. The summed E-state index contributed by atoms with van der Waals surface area (Å²) in [6, 6.07) is 0. The molecule has 0 saturated heterocycles.